The lowest BCUT2D eigenvalue weighted by Crippen LogP contribution is -2.70. The maximum atomic E-state index is 13.6. The van der Waals surface area contributed by atoms with E-state index in [0.717, 1.165) is 0 Å². The molecule has 1 rings (SSSR count). The molecule has 0 aliphatic heterocycles. The van der Waals surface area contributed by atoms with Crippen molar-refractivity contribution in [2.75, 3.05) is 0 Å². The summed E-state index contributed by atoms with van der Waals surface area (Å²) in [7, 11) is -5.00. The molecule has 1 aromatic carbocycles. The second-order valence-corrected chi connectivity index (χ2v) is 7.98. The van der Waals surface area contributed by atoms with Crippen molar-refractivity contribution >= 4 is 10.1 Å². The second-order valence-electron chi connectivity index (χ2n) is 6.56. The van der Waals surface area contributed by atoms with E-state index in [0.29, 0.717) is 0 Å². The smallest absolute Gasteiger partial charge is 0.427 e. The molecule has 0 spiro atoms. The number of halogens is 17. The number of hydrogen-bond acceptors (Lipinski definition) is 3. The normalized spacial score (nSPS) is 15.9. The highest BCUT2D eigenvalue weighted by molar-refractivity contribution is 7.85. The molecule has 0 aliphatic carbocycles. The zero-order valence-electron chi connectivity index (χ0n) is 16.3. The van der Waals surface area contributed by atoms with Crippen molar-refractivity contribution in [1.82, 2.24) is 0 Å². The molecule has 1 N–H and O–H groups in total. The summed E-state index contributed by atoms with van der Waals surface area (Å²) < 4.78 is 256. The van der Waals surface area contributed by atoms with E-state index in [1.165, 1.54) is 0 Å². The van der Waals surface area contributed by atoms with E-state index in [4.69, 9.17) is 4.55 Å². The molecule has 0 amide bonds. The molecule has 0 fully saturated rings. The minimum atomic E-state index is -8.58. The molecular formula is C15H5F17O4S. The zero-order chi connectivity index (χ0) is 29.8. The molecule has 37 heavy (non-hydrogen) atoms. The molecule has 0 aliphatic rings. The molecule has 22 heteroatoms. The van der Waals surface area contributed by atoms with Gasteiger partial charge in [-0.3, -0.25) is 4.55 Å². The third-order valence-corrected chi connectivity index (χ3v) is 4.89. The summed E-state index contributed by atoms with van der Waals surface area (Å²) in [6.45, 7) is 0. The Hall–Kier alpha value is -2.52. The fourth-order valence-electron chi connectivity index (χ4n) is 2.05. The van der Waals surface area contributed by atoms with Gasteiger partial charge in [-0.1, -0.05) is 0 Å². The first kappa shape index (κ1) is 32.5. The molecule has 1 aromatic rings. The standard InChI is InChI=1S/C15H5F17O4S/c16-7(8(17)10(20,21)36-5-1-3-6(4-2-5)37(33,34)35)9(18,19)11(22,23)12(24,25)13(26,27)14(28,29)15(30,31)32/h1-4H,(H,33,34,35)/b8-7+. The monoisotopic (exact) mass is 604 g/mol. The van der Waals surface area contributed by atoms with Crippen LogP contribution in [0.3, 0.4) is 0 Å². The molecular weight excluding hydrogens is 599 g/mol. The molecule has 0 bridgehead atoms. The van der Waals surface area contributed by atoms with Gasteiger partial charge in [0.1, 0.15) is 5.75 Å². The van der Waals surface area contributed by atoms with Gasteiger partial charge in [-0.05, 0) is 24.3 Å². The van der Waals surface area contributed by atoms with Crippen LogP contribution < -0.4 is 4.74 Å². The van der Waals surface area contributed by atoms with Crippen LogP contribution in [-0.2, 0) is 10.1 Å². The van der Waals surface area contributed by atoms with Crippen LogP contribution in [0.4, 0.5) is 74.6 Å². The second kappa shape index (κ2) is 9.05. The van der Waals surface area contributed by atoms with E-state index in [1.54, 1.807) is 0 Å². The summed E-state index contributed by atoms with van der Waals surface area (Å²) >= 11 is 0. The lowest BCUT2D eigenvalue weighted by atomic mass is 9.93. The SMILES string of the molecule is O=S(=O)(O)c1ccc(OC(F)(F)/C(F)=C(\F)C(F)(F)C(F)(F)C(F)(F)C(F)(F)C(F)(F)C(F)(F)F)cc1. The van der Waals surface area contributed by atoms with Crippen molar-refractivity contribution in [1.29, 1.82) is 0 Å². The Morgan fingerprint density at radius 1 is 0.622 bits per heavy atom. The predicted octanol–water partition coefficient (Wildman–Crippen LogP) is 6.79. The fraction of sp³-hybridized carbons (Fsp3) is 0.467. The van der Waals surface area contributed by atoms with Crippen LogP contribution in [0.2, 0.25) is 0 Å². The Morgan fingerprint density at radius 3 is 1.35 bits per heavy atom. The van der Waals surface area contributed by atoms with Gasteiger partial charge in [0, 0.05) is 0 Å². The Morgan fingerprint density at radius 2 is 1.00 bits per heavy atom. The highest BCUT2D eigenvalue weighted by atomic mass is 32.2. The zero-order valence-corrected chi connectivity index (χ0v) is 17.1. The third kappa shape index (κ3) is 5.25. The van der Waals surface area contributed by atoms with Gasteiger partial charge >= 0.3 is 41.9 Å². The van der Waals surface area contributed by atoms with E-state index in [1.807, 2.05) is 0 Å². The number of rotatable bonds is 9. The Balaban J connectivity index is 3.55. The van der Waals surface area contributed by atoms with Gasteiger partial charge in [0.25, 0.3) is 10.1 Å². The van der Waals surface area contributed by atoms with Gasteiger partial charge in [-0.15, -0.1) is 0 Å². The number of alkyl halides is 15. The van der Waals surface area contributed by atoms with E-state index in [9.17, 15) is 83.1 Å². The third-order valence-electron chi connectivity index (χ3n) is 4.02. The van der Waals surface area contributed by atoms with E-state index in [2.05, 4.69) is 4.74 Å². The van der Waals surface area contributed by atoms with Crippen LogP contribution in [0.5, 0.6) is 5.75 Å². The van der Waals surface area contributed by atoms with Crippen molar-refractivity contribution in [3.63, 3.8) is 0 Å². The Bertz CT molecular complexity index is 1140. The predicted molar refractivity (Wildman–Crippen MR) is 81.9 cm³/mol. The fourth-order valence-corrected chi connectivity index (χ4v) is 2.53. The van der Waals surface area contributed by atoms with Crippen LogP contribution in [0.15, 0.2) is 40.8 Å². The van der Waals surface area contributed by atoms with Crippen LogP contribution in [-0.4, -0.2) is 54.9 Å². The lowest BCUT2D eigenvalue weighted by Gasteiger charge is -2.39. The molecule has 0 atom stereocenters. The van der Waals surface area contributed by atoms with Gasteiger partial charge in [-0.2, -0.15) is 78.7 Å². The Kier molecular flexibility index (Phi) is 7.95. The van der Waals surface area contributed by atoms with Crippen LogP contribution >= 0.6 is 0 Å². The average Bonchev–Trinajstić information content (AvgIpc) is 2.70. The van der Waals surface area contributed by atoms with E-state index < -0.39 is 74.3 Å². The van der Waals surface area contributed by atoms with Crippen molar-refractivity contribution < 1.29 is 92.3 Å². The average molecular weight is 604 g/mol. The van der Waals surface area contributed by atoms with Gasteiger partial charge < -0.3 is 4.74 Å². The summed E-state index contributed by atoms with van der Waals surface area (Å²) in [4.78, 5) is -1.07. The molecule has 214 valence electrons. The van der Waals surface area contributed by atoms with Crippen LogP contribution in [0.25, 0.3) is 0 Å². The van der Waals surface area contributed by atoms with E-state index >= 15 is 0 Å². The summed E-state index contributed by atoms with van der Waals surface area (Å²) in [6.07, 6.45) is -14.0. The number of benzene rings is 1. The van der Waals surface area contributed by atoms with Crippen molar-refractivity contribution in [3.05, 3.63) is 35.9 Å². The van der Waals surface area contributed by atoms with Crippen molar-refractivity contribution in [2.24, 2.45) is 0 Å². The highest BCUT2D eigenvalue weighted by Crippen LogP contribution is 2.61. The highest BCUT2D eigenvalue weighted by Gasteiger charge is 2.91. The maximum absolute atomic E-state index is 13.6. The quantitative estimate of drug-likeness (QED) is 0.249. The first-order valence-electron chi connectivity index (χ1n) is 8.16. The summed E-state index contributed by atoms with van der Waals surface area (Å²) in [5, 5.41) is 0. The molecule has 4 nitrogen and oxygen atoms in total. The molecule has 0 aromatic heterocycles. The summed E-state index contributed by atoms with van der Waals surface area (Å²) in [5.74, 6) is -52.8. The molecule has 0 heterocycles. The van der Waals surface area contributed by atoms with Gasteiger partial charge in [0.15, 0.2) is 0 Å². The number of hydrogen-bond donors (Lipinski definition) is 1. The van der Waals surface area contributed by atoms with E-state index in [-0.39, 0.29) is 24.3 Å². The maximum Gasteiger partial charge on any atom is 0.460 e. The van der Waals surface area contributed by atoms with Crippen molar-refractivity contribution in [3.8, 4) is 5.75 Å². The molecule has 0 saturated heterocycles. The first-order chi connectivity index (χ1) is 16.0. The molecule has 0 radical (unpaired) electrons. The van der Waals surface area contributed by atoms with Gasteiger partial charge in [0.05, 0.1) is 4.90 Å². The summed E-state index contributed by atoms with van der Waals surface area (Å²) in [6, 6.07) is 0.543. The topological polar surface area (TPSA) is 63.6 Å². The number of allylic oxidation sites excluding steroid dienone is 1. The largest absolute Gasteiger partial charge is 0.460 e. The molecule has 0 unspecified atom stereocenters. The number of ether oxygens (including phenoxy) is 1. The first-order valence-corrected chi connectivity index (χ1v) is 9.60. The summed E-state index contributed by atoms with van der Waals surface area (Å²) in [5.41, 5.74) is 0. The van der Waals surface area contributed by atoms with Gasteiger partial charge in [0.2, 0.25) is 11.7 Å². The minimum absolute atomic E-state index is 0.0723. The van der Waals surface area contributed by atoms with Crippen molar-refractivity contribution in [2.45, 2.75) is 46.8 Å². The van der Waals surface area contributed by atoms with Crippen LogP contribution in [0, 0.1) is 0 Å². The molecule has 0 saturated carbocycles. The van der Waals surface area contributed by atoms with Crippen LogP contribution in [0.1, 0.15) is 0 Å². The lowest BCUT2D eigenvalue weighted by molar-refractivity contribution is -0.437. The minimum Gasteiger partial charge on any atom is -0.427 e. The Labute approximate surface area is 192 Å². The van der Waals surface area contributed by atoms with Gasteiger partial charge in [-0.25, -0.2) is 4.39 Å².